The van der Waals surface area contributed by atoms with Gasteiger partial charge in [-0.1, -0.05) is 46.0 Å². The van der Waals surface area contributed by atoms with Crippen LogP contribution in [0.2, 0.25) is 0 Å². The molecule has 1 N–H and O–H groups in total. The molecule has 0 saturated heterocycles. The van der Waals surface area contributed by atoms with Crippen LogP contribution in [-0.2, 0) is 0 Å². The summed E-state index contributed by atoms with van der Waals surface area (Å²) in [6.45, 7) is 5.82. The summed E-state index contributed by atoms with van der Waals surface area (Å²) in [6, 6.07) is 2.35. The van der Waals surface area contributed by atoms with Gasteiger partial charge in [0, 0.05) is 18.1 Å². The molecule has 4 atom stereocenters. The van der Waals surface area contributed by atoms with Crippen molar-refractivity contribution >= 4 is 0 Å². The lowest BCUT2D eigenvalue weighted by Gasteiger charge is -2.42. The third kappa shape index (κ3) is 4.19. The van der Waals surface area contributed by atoms with Crippen LogP contribution in [0.5, 0.6) is 0 Å². The Kier molecular flexibility index (Phi) is 6.15. The average Bonchev–Trinajstić information content (AvgIpc) is 2.64. The minimum absolute atomic E-state index is 0.731. The van der Waals surface area contributed by atoms with Crippen LogP contribution in [0.15, 0.2) is 0 Å². The molecule has 2 saturated carbocycles. The molecule has 0 aromatic heterocycles. The Hall–Kier alpha value is -0.0800. The van der Waals surface area contributed by atoms with Crippen LogP contribution < -0.4 is 5.32 Å². The molecule has 112 valence electrons. The van der Waals surface area contributed by atoms with E-state index < -0.39 is 0 Å². The molecule has 2 aliphatic rings. The first-order valence-corrected chi connectivity index (χ1v) is 8.67. The highest BCUT2D eigenvalue weighted by Crippen LogP contribution is 2.31. The smallest absolute Gasteiger partial charge is 0.0249 e. The molecule has 2 heteroatoms. The molecule has 0 radical (unpaired) electrons. The monoisotopic (exact) mass is 266 g/mol. The molecule has 2 aliphatic carbocycles. The van der Waals surface area contributed by atoms with Crippen LogP contribution in [0.1, 0.15) is 71.6 Å². The van der Waals surface area contributed by atoms with Gasteiger partial charge in [-0.05, 0) is 45.2 Å². The molecule has 0 aromatic rings. The fourth-order valence-corrected chi connectivity index (χ4v) is 4.32. The zero-order chi connectivity index (χ0) is 13.7. The molecule has 2 nitrogen and oxygen atoms in total. The Balaban J connectivity index is 1.98. The number of rotatable bonds is 4. The van der Waals surface area contributed by atoms with Crippen molar-refractivity contribution in [1.29, 1.82) is 0 Å². The second-order valence-electron chi connectivity index (χ2n) is 6.96. The van der Waals surface area contributed by atoms with Crippen molar-refractivity contribution in [2.24, 2.45) is 5.92 Å². The van der Waals surface area contributed by atoms with Crippen molar-refractivity contribution in [3.05, 3.63) is 0 Å². The van der Waals surface area contributed by atoms with E-state index in [4.69, 9.17) is 0 Å². The van der Waals surface area contributed by atoms with Gasteiger partial charge >= 0.3 is 0 Å². The van der Waals surface area contributed by atoms with E-state index in [2.05, 4.69) is 31.1 Å². The fourth-order valence-electron chi connectivity index (χ4n) is 4.32. The molecule has 0 heterocycles. The molecule has 19 heavy (non-hydrogen) atoms. The van der Waals surface area contributed by atoms with Crippen molar-refractivity contribution in [3.63, 3.8) is 0 Å². The van der Waals surface area contributed by atoms with Gasteiger partial charge in [0.15, 0.2) is 0 Å². The maximum Gasteiger partial charge on any atom is 0.0249 e. The van der Waals surface area contributed by atoms with Gasteiger partial charge in [0.05, 0.1) is 0 Å². The summed E-state index contributed by atoms with van der Waals surface area (Å²) in [4.78, 5) is 2.76. The topological polar surface area (TPSA) is 15.3 Å². The average molecular weight is 266 g/mol. The van der Waals surface area contributed by atoms with Gasteiger partial charge in [0.2, 0.25) is 0 Å². The Morgan fingerprint density at radius 2 is 1.79 bits per heavy atom. The Morgan fingerprint density at radius 3 is 2.53 bits per heavy atom. The minimum Gasteiger partial charge on any atom is -0.313 e. The van der Waals surface area contributed by atoms with Gasteiger partial charge in [0.25, 0.3) is 0 Å². The Bertz CT molecular complexity index is 254. The molecule has 2 fully saturated rings. The van der Waals surface area contributed by atoms with Crippen molar-refractivity contribution < 1.29 is 0 Å². The molecule has 0 bridgehead atoms. The molecular weight excluding hydrogens is 232 g/mol. The second kappa shape index (κ2) is 7.64. The molecule has 0 amide bonds. The summed E-state index contributed by atoms with van der Waals surface area (Å²) in [6.07, 6.45) is 12.8. The Labute approximate surface area is 120 Å². The molecule has 2 rings (SSSR count). The van der Waals surface area contributed by atoms with Crippen LogP contribution in [0.25, 0.3) is 0 Å². The van der Waals surface area contributed by atoms with Crippen LogP contribution in [0, 0.1) is 5.92 Å². The lowest BCUT2D eigenvalue weighted by atomic mass is 9.85. The second-order valence-corrected chi connectivity index (χ2v) is 6.96. The summed E-state index contributed by atoms with van der Waals surface area (Å²) < 4.78 is 0. The van der Waals surface area contributed by atoms with Crippen LogP contribution in [0.4, 0.5) is 0 Å². The lowest BCUT2D eigenvalue weighted by molar-refractivity contribution is 0.0910. The van der Waals surface area contributed by atoms with Crippen LogP contribution >= 0.6 is 0 Å². The summed E-state index contributed by atoms with van der Waals surface area (Å²) in [5.74, 6) is 0.935. The van der Waals surface area contributed by atoms with Crippen LogP contribution in [0.3, 0.4) is 0 Å². The number of likely N-dealkylation sites (N-methyl/N-ethyl adjacent to an activating group) is 2. The van der Waals surface area contributed by atoms with Gasteiger partial charge in [-0.15, -0.1) is 0 Å². The molecule has 0 spiro atoms. The highest BCUT2D eigenvalue weighted by atomic mass is 15.2. The predicted octanol–water partition coefficient (Wildman–Crippen LogP) is 3.81. The first kappa shape index (κ1) is 15.3. The lowest BCUT2D eigenvalue weighted by Crippen LogP contribution is -2.52. The van der Waals surface area contributed by atoms with Crippen LogP contribution in [-0.4, -0.2) is 36.6 Å². The van der Waals surface area contributed by atoms with Gasteiger partial charge < -0.3 is 5.32 Å². The van der Waals surface area contributed by atoms with Gasteiger partial charge in [0.1, 0.15) is 0 Å². The number of nitrogens with one attached hydrogen (secondary N) is 1. The molecular formula is C17H34N2. The first-order valence-electron chi connectivity index (χ1n) is 8.67. The van der Waals surface area contributed by atoms with E-state index in [1.807, 2.05) is 0 Å². The summed E-state index contributed by atoms with van der Waals surface area (Å²) in [5.41, 5.74) is 0. The SMILES string of the molecule is CCNC1CCCCCC1N(C)C1CCCC(C)C1. The van der Waals surface area contributed by atoms with E-state index in [-0.39, 0.29) is 0 Å². The third-order valence-electron chi connectivity index (χ3n) is 5.45. The number of hydrogen-bond donors (Lipinski definition) is 1. The van der Waals surface area contributed by atoms with Gasteiger partial charge in [-0.3, -0.25) is 4.90 Å². The normalized spacial score (nSPS) is 37.3. The highest BCUT2D eigenvalue weighted by Gasteiger charge is 2.32. The van der Waals surface area contributed by atoms with Crippen molar-refractivity contribution in [2.45, 2.75) is 89.8 Å². The summed E-state index contributed by atoms with van der Waals surface area (Å²) in [7, 11) is 2.41. The van der Waals surface area contributed by atoms with E-state index in [1.165, 1.54) is 57.8 Å². The maximum absolute atomic E-state index is 3.76. The van der Waals surface area contributed by atoms with Gasteiger partial charge in [-0.25, -0.2) is 0 Å². The van der Waals surface area contributed by atoms with Crippen molar-refractivity contribution in [2.75, 3.05) is 13.6 Å². The zero-order valence-electron chi connectivity index (χ0n) is 13.3. The predicted molar refractivity (Wildman–Crippen MR) is 83.5 cm³/mol. The Morgan fingerprint density at radius 1 is 1.00 bits per heavy atom. The minimum atomic E-state index is 0.731. The van der Waals surface area contributed by atoms with E-state index in [1.54, 1.807) is 0 Å². The van der Waals surface area contributed by atoms with Gasteiger partial charge in [-0.2, -0.15) is 0 Å². The summed E-state index contributed by atoms with van der Waals surface area (Å²) in [5, 5.41) is 3.76. The third-order valence-corrected chi connectivity index (χ3v) is 5.45. The number of nitrogens with zero attached hydrogens (tertiary/aromatic N) is 1. The molecule has 0 aliphatic heterocycles. The zero-order valence-corrected chi connectivity index (χ0v) is 13.3. The summed E-state index contributed by atoms with van der Waals surface area (Å²) >= 11 is 0. The number of hydrogen-bond acceptors (Lipinski definition) is 2. The van der Waals surface area contributed by atoms with Crippen molar-refractivity contribution in [3.8, 4) is 0 Å². The molecule has 0 aromatic carbocycles. The quantitative estimate of drug-likeness (QED) is 0.779. The fraction of sp³-hybridized carbons (Fsp3) is 1.00. The maximum atomic E-state index is 3.76. The largest absolute Gasteiger partial charge is 0.313 e. The van der Waals surface area contributed by atoms with E-state index in [0.717, 1.165) is 30.6 Å². The van der Waals surface area contributed by atoms with E-state index in [0.29, 0.717) is 0 Å². The standard InChI is InChI=1S/C17H34N2/c1-4-18-16-11-6-5-7-12-17(16)19(3)15-10-8-9-14(2)13-15/h14-18H,4-13H2,1-3H3. The first-order chi connectivity index (χ1) is 9.22. The van der Waals surface area contributed by atoms with E-state index >= 15 is 0 Å². The van der Waals surface area contributed by atoms with E-state index in [9.17, 15) is 0 Å². The molecule has 4 unspecified atom stereocenters. The van der Waals surface area contributed by atoms with Crippen molar-refractivity contribution in [1.82, 2.24) is 10.2 Å². The highest BCUT2D eigenvalue weighted by molar-refractivity contribution is 4.89.